The molecule has 5 heteroatoms. The van der Waals surface area contributed by atoms with Crippen LogP contribution in [-0.4, -0.2) is 9.55 Å². The Bertz CT molecular complexity index is 831. The number of hydrogen-bond donors (Lipinski definition) is 1. The lowest BCUT2D eigenvalue weighted by atomic mass is 10.1. The molecule has 1 aromatic carbocycles. The van der Waals surface area contributed by atoms with Gasteiger partial charge in [-0.2, -0.15) is 0 Å². The summed E-state index contributed by atoms with van der Waals surface area (Å²) in [5.41, 5.74) is 10.2. The molecule has 0 aliphatic heterocycles. The number of rotatable bonds is 1. The minimum absolute atomic E-state index is 0.240. The molecule has 4 rings (SSSR count). The first-order valence-corrected chi connectivity index (χ1v) is 7.49. The molecule has 0 spiro atoms. The van der Waals surface area contributed by atoms with Crippen molar-refractivity contribution in [3.05, 3.63) is 34.5 Å². The number of nitrogen functional groups attached to an aromatic ring is 1. The molecule has 0 bridgehead atoms. The van der Waals surface area contributed by atoms with E-state index in [1.807, 2.05) is 11.6 Å². The maximum Gasteiger partial charge on any atom is 0.144 e. The summed E-state index contributed by atoms with van der Waals surface area (Å²) >= 11 is 1.67. The molecule has 3 nitrogen and oxygen atoms in total. The Kier molecular flexibility index (Phi) is 2.41. The number of anilines is 1. The number of thiophene rings is 1. The molecule has 0 unspecified atom stereocenters. The van der Waals surface area contributed by atoms with Crippen LogP contribution >= 0.6 is 11.3 Å². The molecule has 0 saturated heterocycles. The monoisotopic (exact) mass is 287 g/mol. The highest BCUT2D eigenvalue weighted by molar-refractivity contribution is 7.16. The predicted molar refractivity (Wildman–Crippen MR) is 80.4 cm³/mol. The summed E-state index contributed by atoms with van der Waals surface area (Å²) in [6.07, 6.45) is 3.37. The Morgan fingerprint density at radius 3 is 3.05 bits per heavy atom. The number of halogens is 1. The zero-order valence-electron chi connectivity index (χ0n) is 11.1. The fourth-order valence-electron chi connectivity index (χ4n) is 3.06. The van der Waals surface area contributed by atoms with Crippen molar-refractivity contribution in [1.29, 1.82) is 0 Å². The summed E-state index contributed by atoms with van der Waals surface area (Å²) in [6, 6.07) is 4.69. The molecule has 2 aromatic heterocycles. The van der Waals surface area contributed by atoms with Gasteiger partial charge in [0, 0.05) is 11.9 Å². The van der Waals surface area contributed by atoms with Crippen LogP contribution in [0.2, 0.25) is 0 Å². The topological polar surface area (TPSA) is 43.8 Å². The second-order valence-electron chi connectivity index (χ2n) is 5.22. The molecule has 20 heavy (non-hydrogen) atoms. The van der Waals surface area contributed by atoms with E-state index in [0.717, 1.165) is 40.3 Å². The van der Waals surface area contributed by atoms with Gasteiger partial charge in [-0.3, -0.25) is 0 Å². The van der Waals surface area contributed by atoms with E-state index in [4.69, 9.17) is 5.73 Å². The van der Waals surface area contributed by atoms with Crippen molar-refractivity contribution in [2.45, 2.75) is 19.3 Å². The summed E-state index contributed by atoms with van der Waals surface area (Å²) < 4.78 is 15.3. The highest BCUT2D eigenvalue weighted by Crippen LogP contribution is 2.43. The minimum atomic E-state index is -0.240. The first-order valence-electron chi connectivity index (χ1n) is 6.67. The Morgan fingerprint density at radius 2 is 2.20 bits per heavy atom. The molecule has 0 atom stereocenters. The molecule has 102 valence electrons. The lowest BCUT2D eigenvalue weighted by molar-refractivity contribution is 0.629. The van der Waals surface area contributed by atoms with Crippen LogP contribution in [-0.2, 0) is 19.9 Å². The molecular formula is C15H14FN3S. The van der Waals surface area contributed by atoms with Crippen molar-refractivity contribution in [3.8, 4) is 11.4 Å². The Morgan fingerprint density at radius 1 is 1.35 bits per heavy atom. The second-order valence-corrected chi connectivity index (χ2v) is 6.36. The number of aryl methyl sites for hydroxylation is 2. The highest BCUT2D eigenvalue weighted by atomic mass is 32.1. The Hall–Kier alpha value is -1.88. The van der Waals surface area contributed by atoms with Gasteiger partial charge in [-0.25, -0.2) is 9.37 Å². The third kappa shape index (κ3) is 1.53. The van der Waals surface area contributed by atoms with Crippen molar-refractivity contribution in [1.82, 2.24) is 9.55 Å². The van der Waals surface area contributed by atoms with Crippen LogP contribution in [0.1, 0.15) is 16.9 Å². The predicted octanol–water partition coefficient (Wildman–Crippen LogP) is 3.51. The van der Waals surface area contributed by atoms with Crippen LogP contribution in [0.5, 0.6) is 0 Å². The van der Waals surface area contributed by atoms with Gasteiger partial charge in [0.15, 0.2) is 0 Å². The van der Waals surface area contributed by atoms with Gasteiger partial charge in [-0.15, -0.1) is 11.3 Å². The van der Waals surface area contributed by atoms with Crippen LogP contribution in [0.15, 0.2) is 18.2 Å². The van der Waals surface area contributed by atoms with Crippen LogP contribution in [0.4, 0.5) is 9.39 Å². The van der Waals surface area contributed by atoms with Crippen molar-refractivity contribution in [3.63, 3.8) is 0 Å². The summed E-state index contributed by atoms with van der Waals surface area (Å²) in [6.45, 7) is 0. The lowest BCUT2D eigenvalue weighted by Gasteiger charge is -2.04. The van der Waals surface area contributed by atoms with E-state index >= 15 is 0 Å². The van der Waals surface area contributed by atoms with E-state index in [1.54, 1.807) is 17.4 Å². The molecule has 0 amide bonds. The smallest absolute Gasteiger partial charge is 0.144 e. The van der Waals surface area contributed by atoms with Crippen LogP contribution < -0.4 is 5.73 Å². The summed E-state index contributed by atoms with van der Waals surface area (Å²) in [7, 11) is 1.92. The van der Waals surface area contributed by atoms with Gasteiger partial charge in [0.05, 0.1) is 21.6 Å². The number of benzene rings is 1. The Balaban J connectivity index is 2.01. The zero-order valence-corrected chi connectivity index (χ0v) is 11.9. The molecular weight excluding hydrogens is 273 g/mol. The number of imidazole rings is 1. The van der Waals surface area contributed by atoms with Crippen LogP contribution in [0.25, 0.3) is 22.4 Å². The average Bonchev–Trinajstić information content (AvgIpc) is 3.05. The van der Waals surface area contributed by atoms with Crippen molar-refractivity contribution >= 4 is 27.4 Å². The molecule has 2 heterocycles. The molecule has 2 N–H and O–H groups in total. The van der Waals surface area contributed by atoms with E-state index in [9.17, 15) is 4.39 Å². The first kappa shape index (κ1) is 11.9. The molecule has 1 aliphatic rings. The molecule has 1 aliphatic carbocycles. The van der Waals surface area contributed by atoms with Gasteiger partial charge in [0.1, 0.15) is 11.6 Å². The van der Waals surface area contributed by atoms with E-state index in [0.29, 0.717) is 0 Å². The van der Waals surface area contributed by atoms with Gasteiger partial charge >= 0.3 is 0 Å². The molecule has 3 aromatic rings. The molecule has 0 saturated carbocycles. The normalized spacial score (nSPS) is 14.1. The summed E-state index contributed by atoms with van der Waals surface area (Å²) in [5, 5.41) is 0.827. The highest BCUT2D eigenvalue weighted by Gasteiger charge is 2.25. The average molecular weight is 287 g/mol. The van der Waals surface area contributed by atoms with Crippen molar-refractivity contribution in [2.24, 2.45) is 7.05 Å². The summed E-state index contributed by atoms with van der Waals surface area (Å²) in [4.78, 5) is 6.04. The number of nitrogens with two attached hydrogens (primary N) is 1. The number of nitrogens with zero attached hydrogens (tertiary/aromatic N) is 2. The largest absolute Gasteiger partial charge is 0.390 e. The van der Waals surface area contributed by atoms with Gasteiger partial charge in [0.25, 0.3) is 0 Å². The zero-order chi connectivity index (χ0) is 13.9. The molecule has 0 radical (unpaired) electrons. The third-order valence-electron chi connectivity index (χ3n) is 4.02. The van der Waals surface area contributed by atoms with Crippen LogP contribution in [0, 0.1) is 5.82 Å². The van der Waals surface area contributed by atoms with E-state index in [1.165, 1.54) is 29.0 Å². The van der Waals surface area contributed by atoms with E-state index in [-0.39, 0.29) is 5.82 Å². The van der Waals surface area contributed by atoms with Crippen molar-refractivity contribution in [2.75, 3.05) is 5.73 Å². The lowest BCUT2D eigenvalue weighted by Crippen LogP contribution is -1.96. The fraction of sp³-hybridized carbons (Fsp3) is 0.267. The van der Waals surface area contributed by atoms with E-state index < -0.39 is 0 Å². The van der Waals surface area contributed by atoms with Gasteiger partial charge in [0.2, 0.25) is 0 Å². The standard InChI is InChI=1S/C15H14FN3S/c1-19-11-7-8(16)5-6-10(11)18-15(19)13-9-3-2-4-12(9)20-14(13)17/h5-7H,2-4,17H2,1H3. The summed E-state index contributed by atoms with van der Waals surface area (Å²) in [5.74, 6) is 0.609. The number of hydrogen-bond acceptors (Lipinski definition) is 3. The number of aromatic nitrogens is 2. The quantitative estimate of drug-likeness (QED) is 0.744. The van der Waals surface area contributed by atoms with Gasteiger partial charge in [-0.1, -0.05) is 0 Å². The van der Waals surface area contributed by atoms with Gasteiger partial charge < -0.3 is 10.3 Å². The fourth-order valence-corrected chi connectivity index (χ4v) is 4.21. The Labute approximate surface area is 119 Å². The maximum atomic E-state index is 13.4. The van der Waals surface area contributed by atoms with Gasteiger partial charge in [-0.05, 0) is 43.0 Å². The third-order valence-corrected chi connectivity index (χ3v) is 5.14. The van der Waals surface area contributed by atoms with Crippen LogP contribution in [0.3, 0.4) is 0 Å². The van der Waals surface area contributed by atoms with Crippen molar-refractivity contribution < 1.29 is 4.39 Å². The second kappa shape index (κ2) is 4.06. The number of fused-ring (bicyclic) bond motifs is 2. The van der Waals surface area contributed by atoms with E-state index in [2.05, 4.69) is 4.98 Å². The molecule has 0 fully saturated rings. The minimum Gasteiger partial charge on any atom is -0.390 e. The first-order chi connectivity index (χ1) is 9.65. The maximum absolute atomic E-state index is 13.4. The SMILES string of the molecule is Cn1c(-c2c(N)sc3c2CCC3)nc2ccc(F)cc21.